The predicted molar refractivity (Wildman–Crippen MR) is 64.3 cm³/mol. The number of benzene rings is 2. The third kappa shape index (κ3) is 3.60. The molecule has 2 rings (SSSR count). The van der Waals surface area contributed by atoms with Crippen LogP contribution in [0.25, 0.3) is 0 Å². The van der Waals surface area contributed by atoms with Crippen molar-refractivity contribution in [2.45, 2.75) is 6.61 Å². The molecular formula is C15H9F2O. The Balaban J connectivity index is 2.09. The van der Waals surface area contributed by atoms with Crippen LogP contribution in [0.4, 0.5) is 8.78 Å². The predicted octanol–water partition coefficient (Wildman–Crippen LogP) is 3.49. The van der Waals surface area contributed by atoms with Crippen LogP contribution in [0.2, 0.25) is 0 Å². The van der Waals surface area contributed by atoms with Crippen LogP contribution in [0, 0.1) is 17.9 Å². The molecular weight excluding hydrogens is 234 g/mol. The molecule has 0 atom stereocenters. The zero-order valence-electron chi connectivity index (χ0n) is 9.36. The van der Waals surface area contributed by atoms with Crippen LogP contribution in [-0.2, 0) is 0 Å². The lowest BCUT2D eigenvalue weighted by Gasteiger charge is -2.02. The summed E-state index contributed by atoms with van der Waals surface area (Å²) in [5.41, 5.74) is 1.59. The van der Waals surface area contributed by atoms with Crippen molar-refractivity contribution in [1.82, 2.24) is 0 Å². The SMILES string of the molecule is FC(F)Oc1ccc(C#Cc2c[c]ccc2)cc1. The minimum atomic E-state index is -2.80. The van der Waals surface area contributed by atoms with Crippen LogP contribution >= 0.6 is 0 Å². The molecule has 2 aromatic rings. The molecule has 0 bridgehead atoms. The molecule has 0 spiro atoms. The van der Waals surface area contributed by atoms with Crippen molar-refractivity contribution < 1.29 is 13.5 Å². The van der Waals surface area contributed by atoms with E-state index in [1.54, 1.807) is 24.3 Å². The first-order chi connectivity index (χ1) is 8.74. The van der Waals surface area contributed by atoms with E-state index in [-0.39, 0.29) is 5.75 Å². The molecule has 0 saturated carbocycles. The Hall–Kier alpha value is -2.34. The molecule has 2 aromatic carbocycles. The normalized spacial score (nSPS) is 9.72. The minimum absolute atomic E-state index is 0.128. The number of hydrogen-bond acceptors (Lipinski definition) is 1. The summed E-state index contributed by atoms with van der Waals surface area (Å²) >= 11 is 0. The van der Waals surface area contributed by atoms with Gasteiger partial charge in [0.15, 0.2) is 0 Å². The van der Waals surface area contributed by atoms with Crippen LogP contribution in [0.15, 0.2) is 48.5 Å². The first kappa shape index (κ1) is 12.1. The molecule has 0 aliphatic carbocycles. The highest BCUT2D eigenvalue weighted by atomic mass is 19.3. The molecule has 89 valence electrons. The van der Waals surface area contributed by atoms with Gasteiger partial charge in [0.1, 0.15) is 5.75 Å². The van der Waals surface area contributed by atoms with Gasteiger partial charge in [-0.2, -0.15) is 8.78 Å². The van der Waals surface area contributed by atoms with Gasteiger partial charge >= 0.3 is 6.61 Å². The summed E-state index contributed by atoms with van der Waals surface area (Å²) in [7, 11) is 0. The van der Waals surface area contributed by atoms with Crippen molar-refractivity contribution in [3.63, 3.8) is 0 Å². The molecule has 0 saturated heterocycles. The highest BCUT2D eigenvalue weighted by molar-refractivity contribution is 5.43. The van der Waals surface area contributed by atoms with E-state index in [2.05, 4.69) is 22.6 Å². The molecule has 18 heavy (non-hydrogen) atoms. The molecule has 0 aromatic heterocycles. The first-order valence-corrected chi connectivity index (χ1v) is 5.27. The quantitative estimate of drug-likeness (QED) is 0.734. The van der Waals surface area contributed by atoms with Gasteiger partial charge in [-0.25, -0.2) is 0 Å². The van der Waals surface area contributed by atoms with Crippen LogP contribution in [0.1, 0.15) is 11.1 Å². The highest BCUT2D eigenvalue weighted by Gasteiger charge is 2.02. The van der Waals surface area contributed by atoms with Crippen LogP contribution in [-0.4, -0.2) is 6.61 Å². The van der Waals surface area contributed by atoms with Crippen molar-refractivity contribution in [3.05, 3.63) is 65.7 Å². The number of halogens is 2. The molecule has 1 nitrogen and oxygen atoms in total. The Labute approximate surface area is 104 Å². The zero-order chi connectivity index (χ0) is 12.8. The van der Waals surface area contributed by atoms with Crippen molar-refractivity contribution in [2.75, 3.05) is 0 Å². The summed E-state index contributed by atoms with van der Waals surface area (Å²) in [5.74, 6) is 6.01. The van der Waals surface area contributed by atoms with Crippen molar-refractivity contribution >= 4 is 0 Å². The molecule has 3 heteroatoms. The summed E-state index contributed by atoms with van der Waals surface area (Å²) < 4.78 is 28.1. The monoisotopic (exact) mass is 243 g/mol. The Bertz CT molecular complexity index is 551. The number of alkyl halides is 2. The average Bonchev–Trinajstić information content (AvgIpc) is 2.38. The lowest BCUT2D eigenvalue weighted by Crippen LogP contribution is -2.01. The fraction of sp³-hybridized carbons (Fsp3) is 0.0667. The van der Waals surface area contributed by atoms with Crippen LogP contribution in [0.5, 0.6) is 5.75 Å². The second-order valence-electron chi connectivity index (χ2n) is 3.45. The second kappa shape index (κ2) is 5.83. The summed E-state index contributed by atoms with van der Waals surface area (Å²) in [6, 6.07) is 16.4. The zero-order valence-corrected chi connectivity index (χ0v) is 9.36. The number of ether oxygens (including phenoxy) is 1. The molecule has 0 aliphatic heterocycles. The van der Waals surface area contributed by atoms with E-state index in [1.807, 2.05) is 12.1 Å². The van der Waals surface area contributed by atoms with Gasteiger partial charge in [-0.05, 0) is 42.5 Å². The minimum Gasteiger partial charge on any atom is -0.435 e. The van der Waals surface area contributed by atoms with E-state index in [9.17, 15) is 8.78 Å². The topological polar surface area (TPSA) is 9.23 Å². The van der Waals surface area contributed by atoms with E-state index in [4.69, 9.17) is 0 Å². The largest absolute Gasteiger partial charge is 0.435 e. The van der Waals surface area contributed by atoms with Crippen LogP contribution < -0.4 is 4.74 Å². The molecule has 0 N–H and O–H groups in total. The third-order valence-corrected chi connectivity index (χ3v) is 2.14. The average molecular weight is 243 g/mol. The van der Waals surface area contributed by atoms with E-state index in [0.717, 1.165) is 11.1 Å². The Morgan fingerprint density at radius 2 is 1.72 bits per heavy atom. The van der Waals surface area contributed by atoms with Gasteiger partial charge in [0.25, 0.3) is 0 Å². The van der Waals surface area contributed by atoms with Gasteiger partial charge in [-0.3, -0.25) is 0 Å². The van der Waals surface area contributed by atoms with E-state index < -0.39 is 6.61 Å². The molecule has 0 fully saturated rings. The van der Waals surface area contributed by atoms with Crippen LogP contribution in [0.3, 0.4) is 0 Å². The number of rotatable bonds is 2. The number of hydrogen-bond donors (Lipinski definition) is 0. The van der Waals surface area contributed by atoms with Crippen molar-refractivity contribution in [2.24, 2.45) is 0 Å². The lowest BCUT2D eigenvalue weighted by molar-refractivity contribution is -0.0498. The lowest BCUT2D eigenvalue weighted by atomic mass is 10.2. The highest BCUT2D eigenvalue weighted by Crippen LogP contribution is 2.14. The van der Waals surface area contributed by atoms with E-state index in [1.165, 1.54) is 12.1 Å². The standard InChI is InChI=1S/C15H9F2O/c16-15(17)18-14-10-8-13(9-11-14)7-6-12-4-2-1-3-5-12/h1-2,4-5,8-11,15H. The maximum Gasteiger partial charge on any atom is 0.387 e. The molecule has 1 radical (unpaired) electrons. The van der Waals surface area contributed by atoms with Gasteiger partial charge in [0.05, 0.1) is 0 Å². The third-order valence-electron chi connectivity index (χ3n) is 2.14. The van der Waals surface area contributed by atoms with E-state index in [0.29, 0.717) is 0 Å². The van der Waals surface area contributed by atoms with Gasteiger partial charge in [0.2, 0.25) is 0 Å². The molecule has 0 amide bonds. The summed E-state index contributed by atoms with van der Waals surface area (Å²) in [5, 5.41) is 0. The summed E-state index contributed by atoms with van der Waals surface area (Å²) in [6.45, 7) is -2.80. The fourth-order valence-electron chi connectivity index (χ4n) is 1.34. The first-order valence-electron chi connectivity index (χ1n) is 5.27. The van der Waals surface area contributed by atoms with Crippen molar-refractivity contribution in [1.29, 1.82) is 0 Å². The Kier molecular flexibility index (Phi) is 3.93. The second-order valence-corrected chi connectivity index (χ2v) is 3.45. The molecule has 0 aliphatic rings. The maximum absolute atomic E-state index is 11.9. The van der Waals surface area contributed by atoms with Gasteiger partial charge < -0.3 is 4.74 Å². The Morgan fingerprint density at radius 3 is 2.33 bits per heavy atom. The summed E-state index contributed by atoms with van der Waals surface area (Å²) in [6.07, 6.45) is 0. The maximum atomic E-state index is 11.9. The smallest absolute Gasteiger partial charge is 0.387 e. The molecule has 0 unspecified atom stereocenters. The van der Waals surface area contributed by atoms with Gasteiger partial charge in [0, 0.05) is 11.1 Å². The van der Waals surface area contributed by atoms with Crippen molar-refractivity contribution in [3.8, 4) is 17.6 Å². The Morgan fingerprint density at radius 1 is 1.00 bits per heavy atom. The summed E-state index contributed by atoms with van der Waals surface area (Å²) in [4.78, 5) is 0. The molecule has 0 heterocycles. The fourth-order valence-corrected chi connectivity index (χ4v) is 1.34. The van der Waals surface area contributed by atoms with Gasteiger partial charge in [-0.1, -0.05) is 24.0 Å². The van der Waals surface area contributed by atoms with E-state index >= 15 is 0 Å². The van der Waals surface area contributed by atoms with Gasteiger partial charge in [-0.15, -0.1) is 0 Å².